The fourth-order valence-electron chi connectivity index (χ4n) is 9.50. The van der Waals surface area contributed by atoms with Gasteiger partial charge in [0, 0.05) is 53.4 Å². The van der Waals surface area contributed by atoms with Gasteiger partial charge in [-0.1, -0.05) is 60.4 Å². The average molecular weight is 1300 g/mol. The van der Waals surface area contributed by atoms with Gasteiger partial charge in [0.15, 0.2) is 0 Å². The zero-order valence-corrected chi connectivity index (χ0v) is 55.0. The number of imide groups is 1. The first-order valence-corrected chi connectivity index (χ1v) is 33.0. The summed E-state index contributed by atoms with van der Waals surface area (Å²) < 4.78 is 62.0. The van der Waals surface area contributed by atoms with Crippen molar-refractivity contribution in [2.24, 2.45) is 5.73 Å². The Balaban J connectivity index is 0.000000232. The molecule has 0 radical (unpaired) electrons. The first-order chi connectivity index (χ1) is 44.4. The number of phenolic OH excluding ortho intramolecular Hbond substituents is 1. The molecule has 5 heterocycles. The lowest BCUT2D eigenvalue weighted by Gasteiger charge is -2.25. The van der Waals surface area contributed by atoms with Gasteiger partial charge in [0.25, 0.3) is 23.6 Å². The van der Waals surface area contributed by atoms with Crippen LogP contribution in [0.1, 0.15) is 138 Å². The number of anilines is 2. The molecule has 0 saturated carbocycles. The van der Waals surface area contributed by atoms with Crippen molar-refractivity contribution >= 4 is 76.9 Å². The molecule has 0 unspecified atom stereocenters. The van der Waals surface area contributed by atoms with Crippen LogP contribution in [0, 0.1) is 23.7 Å². The molecule has 4 amide bonds. The molecular formula is C72H72N10O10S2. The van der Waals surface area contributed by atoms with Crippen molar-refractivity contribution in [1.82, 2.24) is 35.5 Å². The number of aromatic hydroxyl groups is 1. The van der Waals surface area contributed by atoms with Crippen LogP contribution in [0.4, 0.5) is 11.4 Å². The molecule has 7 N–H and O–H groups in total. The van der Waals surface area contributed by atoms with E-state index in [2.05, 4.69) is 63.7 Å². The molecule has 20 nitrogen and oxygen atoms in total. The van der Waals surface area contributed by atoms with Crippen molar-refractivity contribution in [1.29, 1.82) is 0 Å². The quantitative estimate of drug-likeness (QED) is 0.0387. The Morgan fingerprint density at radius 2 is 0.979 bits per heavy atom. The van der Waals surface area contributed by atoms with E-state index < -0.39 is 70.9 Å². The summed E-state index contributed by atoms with van der Waals surface area (Å²) in [5.74, 6) is 10.9. The van der Waals surface area contributed by atoms with E-state index in [1.54, 1.807) is 163 Å². The molecule has 2 atom stereocenters. The number of fused-ring (bicyclic) bond motifs is 3. The maximum absolute atomic E-state index is 14.1. The Bertz CT molecular complexity index is 4670. The summed E-state index contributed by atoms with van der Waals surface area (Å²) >= 11 is 0. The van der Waals surface area contributed by atoms with Crippen LogP contribution in [0.2, 0.25) is 0 Å². The second-order valence-electron chi connectivity index (χ2n) is 25.2. The molecule has 482 valence electrons. The predicted molar refractivity (Wildman–Crippen MR) is 364 cm³/mol. The summed E-state index contributed by atoms with van der Waals surface area (Å²) in [7, 11) is -7.75. The van der Waals surface area contributed by atoms with Gasteiger partial charge in [0.05, 0.1) is 49.1 Å². The standard InChI is InChI=1S/C42H41N5O6S.C30H31N5O4S/c1-41(2,3)53-31-19-15-27(16-20-31)23-30(26-47-39(49)32-12-7-8-13-33(32)40(47)50)44-38(48)37-25-36(46-54(51,52)42(4,5)6)34-24-28(17-21-35(34)45-37)14-18-29-11-9-10-22-43-29;1-30(2,3)40(38,39)35-27-18-28(29(37)33-23(19-31)16-20-8-12-24(36)13-9-20)34-26-14-10-21(17-25(26)27)7-11-22-6-4-5-15-32-22/h7-13,15-17,19-22,24-25,30H,23,26H2,1-6H3,(H,44,48)(H,45,46);4-6,8-10,12-15,17-18,23,36H,16,19,31H2,1-3H3,(H,33,37)(H,34,35)/t30-;23-/m00/s1. The highest BCUT2D eigenvalue weighted by Crippen LogP contribution is 2.32. The number of sulfonamides is 2. The summed E-state index contributed by atoms with van der Waals surface area (Å²) in [5, 5.41) is 16.3. The minimum absolute atomic E-state index is 0.0376. The number of carbonyl (C=O) groups is 4. The molecule has 1 aliphatic rings. The Kier molecular flexibility index (Phi) is 20.3. The number of rotatable bonds is 16. The second kappa shape index (κ2) is 28.1. The van der Waals surface area contributed by atoms with Gasteiger partial charge in [-0.15, -0.1) is 0 Å². The van der Waals surface area contributed by atoms with Gasteiger partial charge in [0.2, 0.25) is 20.0 Å². The van der Waals surface area contributed by atoms with Crippen molar-refractivity contribution in [3.05, 3.63) is 226 Å². The first-order valence-electron chi connectivity index (χ1n) is 30.1. The summed E-state index contributed by atoms with van der Waals surface area (Å²) in [6.45, 7) is 15.4. The molecule has 4 aromatic heterocycles. The van der Waals surface area contributed by atoms with Crippen LogP contribution in [0.5, 0.6) is 11.5 Å². The fourth-order valence-corrected chi connectivity index (χ4v) is 11.0. The van der Waals surface area contributed by atoms with Crippen LogP contribution >= 0.6 is 0 Å². The van der Waals surface area contributed by atoms with E-state index in [-0.39, 0.29) is 48.0 Å². The van der Waals surface area contributed by atoms with Crippen LogP contribution < -0.4 is 30.5 Å². The van der Waals surface area contributed by atoms with Crippen molar-refractivity contribution in [2.75, 3.05) is 22.5 Å². The Labute approximate surface area is 547 Å². The van der Waals surface area contributed by atoms with Crippen LogP contribution in [0.25, 0.3) is 21.8 Å². The van der Waals surface area contributed by atoms with Crippen LogP contribution in [0.15, 0.2) is 170 Å². The van der Waals surface area contributed by atoms with Gasteiger partial charge >= 0.3 is 0 Å². The van der Waals surface area contributed by atoms with E-state index >= 15 is 0 Å². The van der Waals surface area contributed by atoms with Gasteiger partial charge in [-0.3, -0.25) is 33.5 Å². The number of nitrogens with one attached hydrogen (secondary N) is 4. The topological polar surface area (TPSA) is 295 Å². The molecule has 9 aromatic rings. The summed E-state index contributed by atoms with van der Waals surface area (Å²) in [4.78, 5) is 72.8. The van der Waals surface area contributed by atoms with E-state index in [0.29, 0.717) is 67.6 Å². The molecule has 0 aliphatic carbocycles. The summed E-state index contributed by atoms with van der Waals surface area (Å²) in [6.07, 6.45) is 3.99. The third-order valence-corrected chi connectivity index (χ3v) is 18.9. The van der Waals surface area contributed by atoms with Crippen LogP contribution in [-0.4, -0.2) is 111 Å². The Hall–Kier alpha value is -10.5. The lowest BCUT2D eigenvalue weighted by atomic mass is 10.0. The van der Waals surface area contributed by atoms with Crippen molar-refractivity contribution in [3.63, 3.8) is 0 Å². The predicted octanol–water partition coefficient (Wildman–Crippen LogP) is 9.96. The number of benzene rings is 5. The number of nitrogens with zero attached hydrogens (tertiary/aromatic N) is 5. The zero-order chi connectivity index (χ0) is 67.8. The molecule has 10 rings (SSSR count). The highest BCUT2D eigenvalue weighted by atomic mass is 32.2. The Morgan fingerprint density at radius 1 is 0.553 bits per heavy atom. The van der Waals surface area contributed by atoms with Crippen LogP contribution in [-0.2, 0) is 32.9 Å². The zero-order valence-electron chi connectivity index (χ0n) is 53.4. The smallest absolute Gasteiger partial charge is 0.270 e. The van der Waals surface area contributed by atoms with Crippen molar-refractivity contribution < 1.29 is 45.9 Å². The highest BCUT2D eigenvalue weighted by molar-refractivity contribution is 7.94. The lowest BCUT2D eigenvalue weighted by molar-refractivity contribution is 0.0628. The molecule has 0 fully saturated rings. The molecule has 5 aromatic carbocycles. The number of carbonyl (C=O) groups excluding carboxylic acids is 4. The number of hydrogen-bond acceptors (Lipinski definition) is 15. The van der Waals surface area contributed by atoms with E-state index in [9.17, 15) is 41.1 Å². The summed E-state index contributed by atoms with van der Waals surface area (Å²) in [6, 6.07) is 43.4. The van der Waals surface area contributed by atoms with E-state index in [0.717, 1.165) is 16.0 Å². The van der Waals surface area contributed by atoms with Crippen LogP contribution in [0.3, 0.4) is 0 Å². The number of ether oxygens (including phenoxy) is 1. The number of pyridine rings is 4. The van der Waals surface area contributed by atoms with E-state index in [1.807, 2.05) is 57.2 Å². The molecule has 0 saturated heterocycles. The molecular weight excluding hydrogens is 1230 g/mol. The normalized spacial score (nSPS) is 13.0. The number of aromatic nitrogens is 4. The number of nitrogens with two attached hydrogens (primary N) is 1. The second-order valence-corrected chi connectivity index (χ2v) is 30.1. The first kappa shape index (κ1) is 67.9. The Morgan fingerprint density at radius 3 is 1.39 bits per heavy atom. The molecule has 1 aliphatic heterocycles. The SMILES string of the molecule is CC(C)(C)Oc1ccc(C[C@@H](CN2C(=O)c3ccccc3C2=O)NC(=O)c2cc(NS(=O)(=O)C(C)(C)C)c3cc(C#Cc4ccccn4)ccc3n2)cc1.CC(C)(C)S(=O)(=O)Nc1cc(C(=O)N[C@H](CN)Cc2ccc(O)cc2)nc2ccc(C#Cc3ccccn3)cc12. The van der Waals surface area contributed by atoms with Crippen molar-refractivity contribution in [3.8, 4) is 35.2 Å². The minimum Gasteiger partial charge on any atom is -0.508 e. The fraction of sp³-hybridized carbons (Fsp3) is 0.250. The monoisotopic (exact) mass is 1300 g/mol. The van der Waals surface area contributed by atoms with E-state index in [4.69, 9.17) is 10.5 Å². The van der Waals surface area contributed by atoms with Gasteiger partial charge in [-0.2, -0.15) is 0 Å². The van der Waals surface area contributed by atoms with E-state index in [1.165, 1.54) is 12.1 Å². The summed E-state index contributed by atoms with van der Waals surface area (Å²) in [5.41, 5.74) is 11.3. The molecule has 0 bridgehead atoms. The van der Waals surface area contributed by atoms with Gasteiger partial charge < -0.3 is 26.2 Å². The molecule has 22 heteroatoms. The number of phenols is 1. The highest BCUT2D eigenvalue weighted by Gasteiger charge is 2.37. The average Bonchev–Trinajstić information content (AvgIpc) is 1.06. The van der Waals surface area contributed by atoms with Crippen molar-refractivity contribution in [2.45, 2.75) is 102 Å². The largest absolute Gasteiger partial charge is 0.508 e. The third kappa shape index (κ3) is 17.1. The third-order valence-electron chi connectivity index (χ3n) is 14.7. The minimum atomic E-state index is -3.93. The molecule has 94 heavy (non-hydrogen) atoms. The number of amides is 4. The lowest BCUT2D eigenvalue weighted by Crippen LogP contribution is -2.47. The van der Waals surface area contributed by atoms with Gasteiger partial charge in [-0.05, 0) is 207 Å². The number of hydrogen-bond donors (Lipinski definition) is 6. The van der Waals surface area contributed by atoms with Gasteiger partial charge in [-0.25, -0.2) is 36.8 Å². The maximum Gasteiger partial charge on any atom is 0.270 e. The maximum atomic E-state index is 14.1. The van der Waals surface area contributed by atoms with Gasteiger partial charge in [0.1, 0.15) is 39.9 Å². The molecule has 0 spiro atoms.